The van der Waals surface area contributed by atoms with Crippen molar-refractivity contribution in [2.24, 2.45) is 0 Å². The molecule has 0 aliphatic carbocycles. The molecule has 0 heterocycles. The fraction of sp³-hybridized carbons (Fsp3) is 0.833. The number of hydrogen-bond donors (Lipinski definition) is 0. The molecule has 0 spiro atoms. The number of unbranched alkanes of at least 4 members (excludes halogenated alkanes) is 5. The van der Waals surface area contributed by atoms with Crippen molar-refractivity contribution in [3.05, 3.63) is 6.42 Å². The van der Waals surface area contributed by atoms with E-state index in [1.54, 1.807) is 6.42 Å². The predicted molar refractivity (Wildman–Crippen MR) is 57.6 cm³/mol. The van der Waals surface area contributed by atoms with Crippen LogP contribution in [0.25, 0.3) is 0 Å². The van der Waals surface area contributed by atoms with Gasteiger partial charge in [-0.3, -0.25) is 4.79 Å². The average molecular weight is 183 g/mol. The summed E-state index contributed by atoms with van der Waals surface area (Å²) < 4.78 is 0. The molecule has 1 radical (unpaired) electrons. The SMILES string of the molecule is CC[CH]C(=O)CCCCCCCC. The van der Waals surface area contributed by atoms with Crippen LogP contribution in [0.5, 0.6) is 0 Å². The van der Waals surface area contributed by atoms with E-state index in [1.807, 2.05) is 6.92 Å². The van der Waals surface area contributed by atoms with E-state index in [1.165, 1.54) is 32.1 Å². The second-order valence-corrected chi connectivity index (χ2v) is 3.60. The van der Waals surface area contributed by atoms with Crippen molar-refractivity contribution in [2.45, 2.75) is 65.2 Å². The maximum Gasteiger partial charge on any atom is 0.136 e. The first-order valence-electron chi connectivity index (χ1n) is 5.67. The van der Waals surface area contributed by atoms with E-state index in [0.29, 0.717) is 5.78 Å². The number of carbonyl (C=O) groups excluding carboxylic acids is 1. The van der Waals surface area contributed by atoms with Crippen molar-refractivity contribution in [3.8, 4) is 0 Å². The van der Waals surface area contributed by atoms with Gasteiger partial charge in [0, 0.05) is 12.8 Å². The third-order valence-electron chi connectivity index (χ3n) is 2.21. The molecule has 0 saturated heterocycles. The monoisotopic (exact) mass is 183 g/mol. The standard InChI is InChI=1S/C12H23O/c1-3-5-6-7-8-9-11-12(13)10-4-2/h10H,3-9,11H2,1-2H3. The largest absolute Gasteiger partial charge is 0.299 e. The van der Waals surface area contributed by atoms with Crippen LogP contribution in [0.3, 0.4) is 0 Å². The summed E-state index contributed by atoms with van der Waals surface area (Å²) in [5.41, 5.74) is 0. The summed E-state index contributed by atoms with van der Waals surface area (Å²) in [6.45, 7) is 4.24. The van der Waals surface area contributed by atoms with Gasteiger partial charge in [0.2, 0.25) is 0 Å². The van der Waals surface area contributed by atoms with E-state index in [4.69, 9.17) is 0 Å². The van der Waals surface area contributed by atoms with Crippen molar-refractivity contribution in [1.29, 1.82) is 0 Å². The molecule has 0 aromatic rings. The van der Waals surface area contributed by atoms with Crippen molar-refractivity contribution in [2.75, 3.05) is 0 Å². The molecule has 0 bridgehead atoms. The second-order valence-electron chi connectivity index (χ2n) is 3.60. The first kappa shape index (κ1) is 12.7. The molecule has 0 aliphatic heterocycles. The zero-order valence-corrected chi connectivity index (χ0v) is 9.14. The molecular weight excluding hydrogens is 160 g/mol. The summed E-state index contributed by atoms with van der Waals surface area (Å²) in [5, 5.41) is 0. The molecule has 0 saturated carbocycles. The minimum Gasteiger partial charge on any atom is -0.299 e. The first-order chi connectivity index (χ1) is 6.31. The van der Waals surface area contributed by atoms with Crippen LogP contribution in [-0.2, 0) is 4.79 Å². The van der Waals surface area contributed by atoms with Gasteiger partial charge in [0.15, 0.2) is 0 Å². The maximum absolute atomic E-state index is 11.1. The molecule has 0 fully saturated rings. The lowest BCUT2D eigenvalue weighted by molar-refractivity contribution is -0.116. The number of hydrogen-bond acceptors (Lipinski definition) is 1. The van der Waals surface area contributed by atoms with Gasteiger partial charge in [-0.1, -0.05) is 46.0 Å². The Bertz CT molecular complexity index is 118. The Balaban J connectivity index is 3.02. The van der Waals surface area contributed by atoms with Gasteiger partial charge in [-0.25, -0.2) is 0 Å². The Hall–Kier alpha value is -0.330. The zero-order valence-electron chi connectivity index (χ0n) is 9.14. The van der Waals surface area contributed by atoms with Crippen molar-refractivity contribution in [3.63, 3.8) is 0 Å². The highest BCUT2D eigenvalue weighted by Crippen LogP contribution is 2.07. The van der Waals surface area contributed by atoms with Crippen molar-refractivity contribution in [1.82, 2.24) is 0 Å². The Morgan fingerprint density at radius 2 is 1.62 bits per heavy atom. The van der Waals surface area contributed by atoms with Crippen LogP contribution in [0.2, 0.25) is 0 Å². The third kappa shape index (κ3) is 9.59. The summed E-state index contributed by atoms with van der Waals surface area (Å²) in [5.74, 6) is 0.331. The van der Waals surface area contributed by atoms with Crippen LogP contribution in [0.4, 0.5) is 0 Å². The summed E-state index contributed by atoms with van der Waals surface area (Å²) in [6, 6.07) is 0. The van der Waals surface area contributed by atoms with Gasteiger partial charge in [-0.2, -0.15) is 0 Å². The van der Waals surface area contributed by atoms with E-state index < -0.39 is 0 Å². The van der Waals surface area contributed by atoms with Crippen LogP contribution in [0, 0.1) is 6.42 Å². The Morgan fingerprint density at radius 1 is 1.00 bits per heavy atom. The molecule has 0 rings (SSSR count). The molecule has 0 amide bonds. The van der Waals surface area contributed by atoms with Crippen LogP contribution in [0.1, 0.15) is 65.2 Å². The lowest BCUT2D eigenvalue weighted by Crippen LogP contribution is -1.97. The first-order valence-corrected chi connectivity index (χ1v) is 5.67. The fourth-order valence-corrected chi connectivity index (χ4v) is 1.41. The molecule has 0 aromatic heterocycles. The minimum atomic E-state index is 0.331. The quantitative estimate of drug-likeness (QED) is 0.495. The maximum atomic E-state index is 11.1. The molecule has 13 heavy (non-hydrogen) atoms. The van der Waals surface area contributed by atoms with Crippen LogP contribution < -0.4 is 0 Å². The lowest BCUT2D eigenvalue weighted by Gasteiger charge is -1.99. The van der Waals surface area contributed by atoms with E-state index in [-0.39, 0.29) is 0 Å². The number of carbonyl (C=O) groups is 1. The Morgan fingerprint density at radius 3 is 2.23 bits per heavy atom. The molecule has 77 valence electrons. The van der Waals surface area contributed by atoms with Crippen LogP contribution >= 0.6 is 0 Å². The van der Waals surface area contributed by atoms with Gasteiger partial charge in [-0.05, 0) is 12.8 Å². The molecule has 1 nitrogen and oxygen atoms in total. The van der Waals surface area contributed by atoms with Gasteiger partial charge in [-0.15, -0.1) is 0 Å². The molecular formula is C12H23O. The summed E-state index contributed by atoms with van der Waals surface area (Å²) >= 11 is 0. The van der Waals surface area contributed by atoms with Crippen molar-refractivity contribution < 1.29 is 4.79 Å². The van der Waals surface area contributed by atoms with E-state index in [9.17, 15) is 4.79 Å². The Labute approximate surface area is 82.9 Å². The van der Waals surface area contributed by atoms with E-state index in [0.717, 1.165) is 19.3 Å². The fourth-order valence-electron chi connectivity index (χ4n) is 1.41. The summed E-state index contributed by atoms with van der Waals surface area (Å²) in [6.07, 6.45) is 11.0. The average Bonchev–Trinajstić information content (AvgIpc) is 2.11. The Kier molecular flexibility index (Phi) is 9.51. The number of Topliss-reactive ketones (excluding diaryl/α,β-unsaturated/α-hetero) is 1. The summed E-state index contributed by atoms with van der Waals surface area (Å²) in [4.78, 5) is 11.1. The topological polar surface area (TPSA) is 17.1 Å². The molecule has 1 heteroatoms. The highest BCUT2D eigenvalue weighted by molar-refractivity contribution is 5.86. The minimum absolute atomic E-state index is 0.331. The molecule has 0 aromatic carbocycles. The molecule has 0 aliphatic rings. The summed E-state index contributed by atoms with van der Waals surface area (Å²) in [7, 11) is 0. The molecule has 0 N–H and O–H groups in total. The molecule has 0 unspecified atom stereocenters. The van der Waals surface area contributed by atoms with Gasteiger partial charge < -0.3 is 0 Å². The van der Waals surface area contributed by atoms with Gasteiger partial charge >= 0.3 is 0 Å². The second kappa shape index (κ2) is 9.76. The van der Waals surface area contributed by atoms with Crippen molar-refractivity contribution >= 4 is 5.78 Å². The van der Waals surface area contributed by atoms with Gasteiger partial charge in [0.05, 0.1) is 0 Å². The highest BCUT2D eigenvalue weighted by atomic mass is 16.1. The van der Waals surface area contributed by atoms with E-state index >= 15 is 0 Å². The third-order valence-corrected chi connectivity index (χ3v) is 2.21. The predicted octanol–water partition coefficient (Wildman–Crippen LogP) is 3.92. The van der Waals surface area contributed by atoms with E-state index in [2.05, 4.69) is 6.92 Å². The lowest BCUT2D eigenvalue weighted by atomic mass is 10.1. The molecule has 0 atom stereocenters. The normalized spacial score (nSPS) is 10.3. The highest BCUT2D eigenvalue weighted by Gasteiger charge is 1.99. The van der Waals surface area contributed by atoms with Gasteiger partial charge in [0.25, 0.3) is 0 Å². The van der Waals surface area contributed by atoms with Crippen LogP contribution in [0.15, 0.2) is 0 Å². The smallest absolute Gasteiger partial charge is 0.136 e. The number of rotatable bonds is 9. The zero-order chi connectivity index (χ0) is 9.94. The van der Waals surface area contributed by atoms with Gasteiger partial charge in [0.1, 0.15) is 5.78 Å². The van der Waals surface area contributed by atoms with Crippen LogP contribution in [-0.4, -0.2) is 5.78 Å². The number of ketones is 1.